The molecule has 6 nitrogen and oxygen atoms in total. The van der Waals surface area contributed by atoms with Crippen molar-refractivity contribution in [1.82, 2.24) is 4.90 Å². The van der Waals surface area contributed by atoms with Gasteiger partial charge in [-0.2, -0.15) is 0 Å². The Labute approximate surface area is 192 Å². The molecule has 1 aliphatic heterocycles. The van der Waals surface area contributed by atoms with Gasteiger partial charge in [0, 0.05) is 36.8 Å². The normalized spacial score (nSPS) is 13.5. The Morgan fingerprint density at radius 3 is 2.22 bits per heavy atom. The number of halogens is 1. The largest absolute Gasteiger partial charge is 0.484 e. The number of carbonyl (C=O) groups is 2. The van der Waals surface area contributed by atoms with E-state index in [1.54, 1.807) is 24.3 Å². The fourth-order valence-corrected chi connectivity index (χ4v) is 3.76. The second-order valence-electron chi connectivity index (χ2n) is 7.45. The maximum absolute atomic E-state index is 12.7. The van der Waals surface area contributed by atoms with Crippen molar-refractivity contribution in [1.29, 1.82) is 0 Å². The Morgan fingerprint density at radius 2 is 1.50 bits per heavy atom. The highest BCUT2D eigenvalue weighted by Gasteiger charge is 2.23. The first-order chi connectivity index (χ1) is 15.6. The molecule has 0 spiro atoms. The highest BCUT2D eigenvalue weighted by molar-refractivity contribution is 6.30. The van der Waals surface area contributed by atoms with Crippen LogP contribution in [0.15, 0.2) is 78.9 Å². The molecule has 32 heavy (non-hydrogen) atoms. The number of amides is 2. The number of hydrogen-bond acceptors (Lipinski definition) is 4. The van der Waals surface area contributed by atoms with Crippen LogP contribution in [0.1, 0.15) is 10.4 Å². The fraction of sp³-hybridized carbons (Fsp3) is 0.200. The van der Waals surface area contributed by atoms with Gasteiger partial charge < -0.3 is 19.9 Å². The summed E-state index contributed by atoms with van der Waals surface area (Å²) < 4.78 is 5.53. The molecule has 2 amide bonds. The van der Waals surface area contributed by atoms with Crippen LogP contribution in [0, 0.1) is 0 Å². The summed E-state index contributed by atoms with van der Waals surface area (Å²) in [5, 5.41) is 3.55. The van der Waals surface area contributed by atoms with Crippen LogP contribution in [-0.4, -0.2) is 49.5 Å². The van der Waals surface area contributed by atoms with Gasteiger partial charge in [0.15, 0.2) is 6.61 Å². The van der Waals surface area contributed by atoms with Crippen LogP contribution in [0.5, 0.6) is 5.75 Å². The quantitative estimate of drug-likeness (QED) is 0.608. The van der Waals surface area contributed by atoms with Gasteiger partial charge in [-0.25, -0.2) is 0 Å². The molecule has 3 aromatic rings. The molecule has 0 atom stereocenters. The highest BCUT2D eigenvalue weighted by Crippen LogP contribution is 2.27. The van der Waals surface area contributed by atoms with Crippen molar-refractivity contribution in [2.75, 3.05) is 43.0 Å². The lowest BCUT2D eigenvalue weighted by molar-refractivity contribution is -0.118. The van der Waals surface area contributed by atoms with Gasteiger partial charge >= 0.3 is 0 Å². The van der Waals surface area contributed by atoms with Crippen LogP contribution in [0.2, 0.25) is 5.02 Å². The van der Waals surface area contributed by atoms with E-state index >= 15 is 0 Å². The zero-order chi connectivity index (χ0) is 22.3. The van der Waals surface area contributed by atoms with Gasteiger partial charge in [-0.15, -0.1) is 0 Å². The number of piperazine rings is 1. The maximum atomic E-state index is 12.7. The Bertz CT molecular complexity index is 1070. The van der Waals surface area contributed by atoms with Crippen LogP contribution in [0.3, 0.4) is 0 Å². The molecule has 3 aromatic carbocycles. The Morgan fingerprint density at radius 1 is 0.844 bits per heavy atom. The predicted molar refractivity (Wildman–Crippen MR) is 127 cm³/mol. The fourth-order valence-electron chi connectivity index (χ4n) is 3.63. The summed E-state index contributed by atoms with van der Waals surface area (Å²) in [5.41, 5.74) is 2.36. The summed E-state index contributed by atoms with van der Waals surface area (Å²) in [7, 11) is 0. The molecular weight excluding hydrogens is 426 g/mol. The number of nitrogens with zero attached hydrogens (tertiary/aromatic N) is 2. The number of anilines is 2. The monoisotopic (exact) mass is 449 g/mol. The minimum absolute atomic E-state index is 0.0474. The van der Waals surface area contributed by atoms with Crippen molar-refractivity contribution in [3.05, 3.63) is 89.4 Å². The van der Waals surface area contributed by atoms with Gasteiger partial charge in [-0.05, 0) is 48.5 Å². The van der Waals surface area contributed by atoms with Crippen LogP contribution in [-0.2, 0) is 4.79 Å². The average molecular weight is 450 g/mol. The van der Waals surface area contributed by atoms with Crippen molar-refractivity contribution in [3.63, 3.8) is 0 Å². The van der Waals surface area contributed by atoms with Crippen molar-refractivity contribution in [2.24, 2.45) is 0 Å². The van der Waals surface area contributed by atoms with Gasteiger partial charge in [-0.1, -0.05) is 41.9 Å². The first-order valence-corrected chi connectivity index (χ1v) is 10.8. The van der Waals surface area contributed by atoms with E-state index in [-0.39, 0.29) is 18.4 Å². The van der Waals surface area contributed by atoms with E-state index in [2.05, 4.69) is 10.2 Å². The van der Waals surface area contributed by atoms with Crippen LogP contribution in [0.4, 0.5) is 11.4 Å². The van der Waals surface area contributed by atoms with Crippen LogP contribution < -0.4 is 15.0 Å². The summed E-state index contributed by atoms with van der Waals surface area (Å²) in [6.07, 6.45) is 0. The summed E-state index contributed by atoms with van der Waals surface area (Å²) in [4.78, 5) is 29.2. The van der Waals surface area contributed by atoms with Gasteiger partial charge in [-0.3, -0.25) is 9.59 Å². The Kier molecular flexibility index (Phi) is 6.92. The number of hydrogen-bond donors (Lipinski definition) is 1. The van der Waals surface area contributed by atoms with Crippen molar-refractivity contribution >= 4 is 34.8 Å². The number of rotatable bonds is 6. The van der Waals surface area contributed by atoms with E-state index < -0.39 is 0 Å². The molecule has 7 heteroatoms. The summed E-state index contributed by atoms with van der Waals surface area (Å²) in [6, 6.07) is 23.9. The number of para-hydroxylation sites is 2. The van der Waals surface area contributed by atoms with Crippen molar-refractivity contribution < 1.29 is 14.3 Å². The second kappa shape index (κ2) is 10.2. The highest BCUT2D eigenvalue weighted by atomic mass is 35.5. The van der Waals surface area contributed by atoms with E-state index in [4.69, 9.17) is 16.3 Å². The van der Waals surface area contributed by atoms with Crippen molar-refractivity contribution in [2.45, 2.75) is 0 Å². The van der Waals surface area contributed by atoms with Gasteiger partial charge in [0.25, 0.3) is 11.8 Å². The summed E-state index contributed by atoms with van der Waals surface area (Å²) in [5.74, 6) is 0.383. The molecule has 1 N–H and O–H groups in total. The second-order valence-corrected chi connectivity index (χ2v) is 7.89. The number of carbonyl (C=O) groups excluding carboxylic acids is 2. The van der Waals surface area contributed by atoms with E-state index in [1.165, 1.54) is 0 Å². The van der Waals surface area contributed by atoms with Crippen LogP contribution >= 0.6 is 11.6 Å². The molecule has 0 radical (unpaired) electrons. The van der Waals surface area contributed by atoms with Gasteiger partial charge in [0.2, 0.25) is 0 Å². The third-order valence-electron chi connectivity index (χ3n) is 5.29. The molecule has 0 aliphatic carbocycles. The van der Waals surface area contributed by atoms with Gasteiger partial charge in [0.1, 0.15) is 5.75 Å². The standard InChI is InChI=1S/C25H24ClN3O3/c26-20-10-12-21(13-11-20)32-18-24(30)27-22-8-4-5-9-23(22)28-14-16-29(17-15-28)25(31)19-6-2-1-3-7-19/h1-13H,14-18H2,(H,27,30). The van der Waals surface area contributed by atoms with E-state index in [0.717, 1.165) is 11.4 Å². The molecule has 1 aliphatic rings. The molecule has 164 valence electrons. The minimum atomic E-state index is -0.245. The number of ether oxygens (including phenoxy) is 1. The van der Waals surface area contributed by atoms with E-state index in [0.29, 0.717) is 42.5 Å². The van der Waals surface area contributed by atoms with E-state index in [9.17, 15) is 9.59 Å². The van der Waals surface area contributed by atoms with Gasteiger partial charge in [0.05, 0.1) is 11.4 Å². The average Bonchev–Trinajstić information content (AvgIpc) is 2.84. The lowest BCUT2D eigenvalue weighted by Gasteiger charge is -2.37. The van der Waals surface area contributed by atoms with E-state index in [1.807, 2.05) is 59.5 Å². The maximum Gasteiger partial charge on any atom is 0.262 e. The number of nitrogens with one attached hydrogen (secondary N) is 1. The third kappa shape index (κ3) is 5.39. The zero-order valence-electron chi connectivity index (χ0n) is 17.5. The van der Waals surface area contributed by atoms with Crippen molar-refractivity contribution in [3.8, 4) is 5.75 Å². The minimum Gasteiger partial charge on any atom is -0.484 e. The molecule has 0 aromatic heterocycles. The molecule has 1 heterocycles. The Hall–Kier alpha value is -3.51. The Balaban J connectivity index is 1.34. The zero-order valence-corrected chi connectivity index (χ0v) is 18.3. The molecule has 0 bridgehead atoms. The molecule has 1 saturated heterocycles. The number of benzene rings is 3. The first-order valence-electron chi connectivity index (χ1n) is 10.5. The lowest BCUT2D eigenvalue weighted by Crippen LogP contribution is -2.49. The van der Waals surface area contributed by atoms with Crippen LogP contribution in [0.25, 0.3) is 0 Å². The summed E-state index contributed by atoms with van der Waals surface area (Å²) >= 11 is 5.87. The molecule has 0 unspecified atom stereocenters. The SMILES string of the molecule is O=C(COc1ccc(Cl)cc1)Nc1ccccc1N1CCN(C(=O)c2ccccc2)CC1. The topological polar surface area (TPSA) is 61.9 Å². The summed E-state index contributed by atoms with van der Waals surface area (Å²) in [6.45, 7) is 2.51. The predicted octanol–water partition coefficient (Wildman–Crippen LogP) is 4.32. The molecule has 0 saturated carbocycles. The smallest absolute Gasteiger partial charge is 0.262 e. The first kappa shape index (κ1) is 21.7. The molecule has 4 rings (SSSR count). The molecule has 1 fully saturated rings. The molecular formula is C25H24ClN3O3. The lowest BCUT2D eigenvalue weighted by atomic mass is 10.1. The third-order valence-corrected chi connectivity index (χ3v) is 5.54.